The number of amides is 2. The second kappa shape index (κ2) is 7.89. The van der Waals surface area contributed by atoms with Crippen molar-refractivity contribution < 1.29 is 19.0 Å². The predicted octanol–water partition coefficient (Wildman–Crippen LogP) is 2.83. The number of ether oxygens (including phenoxy) is 1. The molecule has 1 heterocycles. The summed E-state index contributed by atoms with van der Waals surface area (Å²) < 4.78 is 18.9. The van der Waals surface area contributed by atoms with E-state index in [1.54, 1.807) is 12.1 Å². The number of urea groups is 1. The summed E-state index contributed by atoms with van der Waals surface area (Å²) in [4.78, 5) is 12.6. The van der Waals surface area contributed by atoms with E-state index in [1.165, 1.54) is 12.1 Å². The van der Waals surface area contributed by atoms with Gasteiger partial charge in [-0.05, 0) is 41.7 Å². The Bertz CT molecular complexity index is 834. The number of aliphatic hydroxyl groups is 1. The van der Waals surface area contributed by atoms with Crippen LogP contribution in [0.15, 0.2) is 48.5 Å². The molecule has 0 unspecified atom stereocenters. The van der Waals surface area contributed by atoms with Crippen molar-refractivity contribution >= 4 is 6.03 Å². The first-order valence-electron chi connectivity index (χ1n) is 9.71. The van der Waals surface area contributed by atoms with E-state index in [4.69, 9.17) is 4.74 Å². The maximum atomic E-state index is 13.3. The van der Waals surface area contributed by atoms with Crippen LogP contribution in [0.25, 0.3) is 0 Å². The fraction of sp³-hybridized carbons (Fsp3) is 0.409. The van der Waals surface area contributed by atoms with E-state index in [0.29, 0.717) is 26.2 Å². The van der Waals surface area contributed by atoms with E-state index in [9.17, 15) is 14.3 Å². The summed E-state index contributed by atoms with van der Waals surface area (Å²) in [5, 5.41) is 16.2. The number of benzene rings is 2. The van der Waals surface area contributed by atoms with Gasteiger partial charge in [0.1, 0.15) is 5.82 Å². The van der Waals surface area contributed by atoms with E-state index in [1.807, 2.05) is 24.3 Å². The minimum atomic E-state index is -0.628. The molecule has 0 aromatic heterocycles. The molecule has 6 heteroatoms. The van der Waals surface area contributed by atoms with Crippen molar-refractivity contribution in [1.82, 2.24) is 10.6 Å². The van der Waals surface area contributed by atoms with Gasteiger partial charge in [-0.2, -0.15) is 0 Å². The summed E-state index contributed by atoms with van der Waals surface area (Å²) >= 11 is 0. The Morgan fingerprint density at radius 3 is 2.61 bits per heavy atom. The van der Waals surface area contributed by atoms with Gasteiger partial charge in [-0.15, -0.1) is 0 Å². The van der Waals surface area contributed by atoms with Crippen molar-refractivity contribution in [2.45, 2.75) is 36.8 Å². The lowest BCUT2D eigenvalue weighted by Gasteiger charge is -2.38. The van der Waals surface area contributed by atoms with Gasteiger partial charge in [-0.25, -0.2) is 9.18 Å². The normalized spacial score (nSPS) is 23.1. The summed E-state index contributed by atoms with van der Waals surface area (Å²) in [6.45, 7) is 1.64. The number of carbonyl (C=O) groups excluding carboxylic acids is 1. The third-order valence-corrected chi connectivity index (χ3v) is 5.98. The number of aliphatic hydroxyl groups excluding tert-OH is 1. The van der Waals surface area contributed by atoms with Crippen LogP contribution < -0.4 is 10.6 Å². The molecule has 28 heavy (non-hydrogen) atoms. The molecule has 4 rings (SSSR count). The molecule has 2 aromatic carbocycles. The molecular formula is C22H25FN2O3. The average molecular weight is 384 g/mol. The molecule has 2 aromatic rings. The van der Waals surface area contributed by atoms with Crippen LogP contribution in [0.1, 0.15) is 35.6 Å². The first kappa shape index (κ1) is 18.9. The van der Waals surface area contributed by atoms with Crippen molar-refractivity contribution in [3.05, 3.63) is 71.0 Å². The molecule has 2 amide bonds. The van der Waals surface area contributed by atoms with E-state index in [-0.39, 0.29) is 17.3 Å². The number of halogens is 1. The highest BCUT2D eigenvalue weighted by Gasteiger charge is 2.36. The molecule has 148 valence electrons. The van der Waals surface area contributed by atoms with Crippen molar-refractivity contribution in [1.29, 1.82) is 0 Å². The van der Waals surface area contributed by atoms with Gasteiger partial charge in [0.15, 0.2) is 0 Å². The first-order valence-corrected chi connectivity index (χ1v) is 9.71. The van der Waals surface area contributed by atoms with Crippen LogP contribution >= 0.6 is 0 Å². The third kappa shape index (κ3) is 3.75. The number of carbonyl (C=O) groups is 1. The Morgan fingerprint density at radius 2 is 1.86 bits per heavy atom. The Morgan fingerprint density at radius 1 is 1.14 bits per heavy atom. The van der Waals surface area contributed by atoms with Gasteiger partial charge >= 0.3 is 6.03 Å². The number of hydrogen-bond acceptors (Lipinski definition) is 3. The predicted molar refractivity (Wildman–Crippen MR) is 104 cm³/mol. The monoisotopic (exact) mass is 384 g/mol. The lowest BCUT2D eigenvalue weighted by atomic mass is 9.74. The first-order chi connectivity index (χ1) is 13.6. The third-order valence-electron chi connectivity index (χ3n) is 5.98. The van der Waals surface area contributed by atoms with Gasteiger partial charge in [0.2, 0.25) is 0 Å². The van der Waals surface area contributed by atoms with Crippen LogP contribution in [0.3, 0.4) is 0 Å². The molecule has 2 atom stereocenters. The summed E-state index contributed by atoms with van der Waals surface area (Å²) in [6, 6.07) is 13.5. The zero-order valence-electron chi connectivity index (χ0n) is 15.7. The van der Waals surface area contributed by atoms with Crippen molar-refractivity contribution in [2.75, 3.05) is 19.8 Å². The Labute approximate surface area is 163 Å². The molecule has 5 nitrogen and oxygen atoms in total. The summed E-state index contributed by atoms with van der Waals surface area (Å²) in [6.07, 6.45) is 1.43. The topological polar surface area (TPSA) is 70.6 Å². The number of nitrogens with one attached hydrogen (secondary N) is 2. The zero-order valence-corrected chi connectivity index (χ0v) is 15.7. The van der Waals surface area contributed by atoms with Gasteiger partial charge < -0.3 is 20.5 Å². The van der Waals surface area contributed by atoms with Crippen LogP contribution in [0.2, 0.25) is 0 Å². The molecule has 0 bridgehead atoms. The highest BCUT2D eigenvalue weighted by Crippen LogP contribution is 2.35. The minimum Gasteiger partial charge on any atom is -0.390 e. The van der Waals surface area contributed by atoms with Crippen molar-refractivity contribution in [3.8, 4) is 0 Å². The minimum absolute atomic E-state index is 0.273. The fourth-order valence-electron chi connectivity index (χ4n) is 4.32. The maximum absolute atomic E-state index is 13.3. The highest BCUT2D eigenvalue weighted by atomic mass is 19.1. The van der Waals surface area contributed by atoms with E-state index in [2.05, 4.69) is 10.6 Å². The van der Waals surface area contributed by atoms with E-state index >= 15 is 0 Å². The quantitative estimate of drug-likeness (QED) is 0.759. The van der Waals surface area contributed by atoms with Crippen LogP contribution in [0, 0.1) is 5.82 Å². The average Bonchev–Trinajstić information content (AvgIpc) is 3.03. The standard InChI is InChI=1S/C22H25FN2O3/c23-17-7-5-16(6-8-17)22(9-11-28-12-10-22)14-24-21(27)25-20-18-4-2-1-3-15(18)13-19(20)26/h1-8,19-20,26H,9-14H2,(H2,24,25,27)/t19-,20+/m0/s1. The Balaban J connectivity index is 1.44. The lowest BCUT2D eigenvalue weighted by Crippen LogP contribution is -2.48. The molecule has 3 N–H and O–H groups in total. The molecule has 2 aliphatic rings. The van der Waals surface area contributed by atoms with Crippen molar-refractivity contribution in [2.24, 2.45) is 0 Å². The maximum Gasteiger partial charge on any atom is 0.315 e. The SMILES string of the molecule is O=C(NCC1(c2ccc(F)cc2)CCOCC1)N[C@@H]1c2ccccc2C[C@@H]1O. The van der Waals surface area contributed by atoms with Crippen LogP contribution in [0.4, 0.5) is 9.18 Å². The second-order valence-corrected chi connectivity index (χ2v) is 7.67. The largest absolute Gasteiger partial charge is 0.390 e. The summed E-state index contributed by atoms with van der Waals surface area (Å²) in [5.41, 5.74) is 2.75. The lowest BCUT2D eigenvalue weighted by molar-refractivity contribution is 0.0505. The van der Waals surface area contributed by atoms with Crippen molar-refractivity contribution in [3.63, 3.8) is 0 Å². The summed E-state index contributed by atoms with van der Waals surface area (Å²) in [7, 11) is 0. The molecule has 1 fully saturated rings. The molecule has 0 radical (unpaired) electrons. The van der Waals surface area contributed by atoms with Crippen LogP contribution in [0.5, 0.6) is 0 Å². The smallest absolute Gasteiger partial charge is 0.315 e. The number of rotatable bonds is 4. The molecule has 1 aliphatic heterocycles. The molecular weight excluding hydrogens is 359 g/mol. The number of hydrogen-bond donors (Lipinski definition) is 3. The second-order valence-electron chi connectivity index (χ2n) is 7.67. The Hall–Kier alpha value is -2.44. The van der Waals surface area contributed by atoms with E-state index in [0.717, 1.165) is 29.5 Å². The highest BCUT2D eigenvalue weighted by molar-refractivity contribution is 5.75. The van der Waals surface area contributed by atoms with Gasteiger partial charge in [0.25, 0.3) is 0 Å². The van der Waals surface area contributed by atoms with Gasteiger partial charge in [-0.3, -0.25) is 0 Å². The molecule has 1 aliphatic carbocycles. The van der Waals surface area contributed by atoms with Crippen LogP contribution in [-0.4, -0.2) is 37.0 Å². The Kier molecular flexibility index (Phi) is 5.33. The molecule has 0 spiro atoms. The summed E-state index contributed by atoms with van der Waals surface area (Å²) in [5.74, 6) is -0.273. The van der Waals surface area contributed by atoms with E-state index < -0.39 is 12.1 Å². The number of fused-ring (bicyclic) bond motifs is 1. The van der Waals surface area contributed by atoms with Gasteiger partial charge in [0.05, 0.1) is 12.1 Å². The fourth-order valence-corrected chi connectivity index (χ4v) is 4.32. The molecule has 0 saturated carbocycles. The van der Waals surface area contributed by atoms with Gasteiger partial charge in [-0.1, -0.05) is 36.4 Å². The van der Waals surface area contributed by atoms with Gasteiger partial charge in [0, 0.05) is 31.6 Å². The van der Waals surface area contributed by atoms with Crippen LogP contribution in [-0.2, 0) is 16.6 Å². The zero-order chi connectivity index (χ0) is 19.6. The molecule has 1 saturated heterocycles.